The number of aromatic amines is 1. The van der Waals surface area contributed by atoms with Gasteiger partial charge in [-0.05, 0) is 24.1 Å². The van der Waals surface area contributed by atoms with E-state index in [1.54, 1.807) is 0 Å². The van der Waals surface area contributed by atoms with Crippen LogP contribution in [-0.2, 0) is 24.2 Å². The van der Waals surface area contributed by atoms with Crippen LogP contribution in [0.3, 0.4) is 0 Å². The SMILES string of the molecule is CC(C)c1nnc2n1C[C@@H](NC(=O)Cc1c[nH]c3cc(Cl)ccc13)CC2. The van der Waals surface area contributed by atoms with Gasteiger partial charge < -0.3 is 14.9 Å². The molecule has 0 bridgehead atoms. The van der Waals surface area contributed by atoms with Crippen molar-refractivity contribution >= 4 is 28.4 Å². The second-order valence-corrected chi connectivity index (χ2v) is 7.66. The number of carbonyl (C=O) groups is 1. The molecule has 0 saturated heterocycles. The number of fused-ring (bicyclic) bond motifs is 2. The van der Waals surface area contributed by atoms with Crippen molar-refractivity contribution in [1.29, 1.82) is 0 Å². The van der Waals surface area contributed by atoms with E-state index in [0.717, 1.165) is 47.5 Å². The highest BCUT2D eigenvalue weighted by Crippen LogP contribution is 2.23. The standard InChI is InChI=1S/C19H22ClN5O/c1-11(2)19-24-23-17-6-4-14(10-25(17)19)22-18(26)7-12-9-21-16-8-13(20)3-5-15(12)16/h3,5,8-9,11,14,21H,4,6-7,10H2,1-2H3,(H,22,26)/t14-/m0/s1. The maximum atomic E-state index is 12.6. The summed E-state index contributed by atoms with van der Waals surface area (Å²) in [6.07, 6.45) is 3.97. The van der Waals surface area contributed by atoms with Gasteiger partial charge in [-0.15, -0.1) is 10.2 Å². The molecule has 1 amide bonds. The predicted octanol–water partition coefficient (Wildman–Crippen LogP) is 3.21. The number of nitrogens with one attached hydrogen (secondary N) is 2. The van der Waals surface area contributed by atoms with E-state index in [1.165, 1.54) is 0 Å². The maximum absolute atomic E-state index is 12.6. The minimum Gasteiger partial charge on any atom is -0.361 e. The Bertz CT molecular complexity index is 958. The van der Waals surface area contributed by atoms with E-state index in [9.17, 15) is 4.79 Å². The Kier molecular flexibility index (Phi) is 4.44. The van der Waals surface area contributed by atoms with Crippen molar-refractivity contribution in [3.05, 3.63) is 46.6 Å². The summed E-state index contributed by atoms with van der Waals surface area (Å²) in [7, 11) is 0. The smallest absolute Gasteiger partial charge is 0.224 e. The lowest BCUT2D eigenvalue weighted by atomic mass is 10.0. The van der Waals surface area contributed by atoms with Crippen LogP contribution < -0.4 is 5.32 Å². The third-order valence-corrected chi connectivity index (χ3v) is 5.17. The first kappa shape index (κ1) is 17.1. The van der Waals surface area contributed by atoms with Gasteiger partial charge in [-0.1, -0.05) is 31.5 Å². The lowest BCUT2D eigenvalue weighted by Gasteiger charge is -2.26. The van der Waals surface area contributed by atoms with Crippen LogP contribution in [0.15, 0.2) is 24.4 Å². The quantitative estimate of drug-likeness (QED) is 0.739. The van der Waals surface area contributed by atoms with Crippen molar-refractivity contribution in [2.24, 2.45) is 0 Å². The third kappa shape index (κ3) is 3.21. The molecular weight excluding hydrogens is 350 g/mol. The van der Waals surface area contributed by atoms with Crippen LogP contribution in [0.4, 0.5) is 0 Å². The monoisotopic (exact) mass is 371 g/mol. The highest BCUT2D eigenvalue weighted by molar-refractivity contribution is 6.31. The Balaban J connectivity index is 1.44. The van der Waals surface area contributed by atoms with Gasteiger partial charge in [0.1, 0.15) is 11.6 Å². The average Bonchev–Trinajstić information content (AvgIpc) is 3.18. The summed E-state index contributed by atoms with van der Waals surface area (Å²) in [5, 5.41) is 13.5. The van der Waals surface area contributed by atoms with Crippen LogP contribution in [0.2, 0.25) is 5.02 Å². The number of aromatic nitrogens is 4. The van der Waals surface area contributed by atoms with E-state index < -0.39 is 0 Å². The Morgan fingerprint density at radius 2 is 2.27 bits per heavy atom. The molecule has 1 aliphatic rings. The van der Waals surface area contributed by atoms with Crippen molar-refractivity contribution < 1.29 is 4.79 Å². The van der Waals surface area contributed by atoms with E-state index in [0.29, 0.717) is 17.4 Å². The first-order valence-corrected chi connectivity index (χ1v) is 9.36. The van der Waals surface area contributed by atoms with Crippen LogP contribution in [0, 0.1) is 0 Å². The molecule has 136 valence electrons. The number of nitrogens with zero attached hydrogens (tertiary/aromatic N) is 3. The number of benzene rings is 1. The van der Waals surface area contributed by atoms with Crippen LogP contribution in [0.25, 0.3) is 10.9 Å². The number of carbonyl (C=O) groups excluding carboxylic acids is 1. The summed E-state index contributed by atoms with van der Waals surface area (Å²) >= 11 is 6.02. The fraction of sp³-hybridized carbons (Fsp3) is 0.421. The van der Waals surface area contributed by atoms with Gasteiger partial charge in [-0.2, -0.15) is 0 Å². The zero-order chi connectivity index (χ0) is 18.3. The lowest BCUT2D eigenvalue weighted by molar-refractivity contribution is -0.121. The minimum absolute atomic E-state index is 0.0356. The zero-order valence-electron chi connectivity index (χ0n) is 14.9. The van der Waals surface area contributed by atoms with E-state index in [2.05, 4.69) is 38.9 Å². The van der Waals surface area contributed by atoms with Gasteiger partial charge in [0, 0.05) is 47.0 Å². The molecule has 0 radical (unpaired) electrons. The number of hydrogen-bond donors (Lipinski definition) is 2. The van der Waals surface area contributed by atoms with Gasteiger partial charge in [-0.25, -0.2) is 0 Å². The third-order valence-electron chi connectivity index (χ3n) is 4.94. The van der Waals surface area contributed by atoms with Crippen LogP contribution in [0.5, 0.6) is 0 Å². The molecule has 1 atom stereocenters. The minimum atomic E-state index is 0.0356. The molecule has 2 aromatic heterocycles. The Morgan fingerprint density at radius 1 is 1.42 bits per heavy atom. The summed E-state index contributed by atoms with van der Waals surface area (Å²) in [5.41, 5.74) is 1.94. The first-order valence-electron chi connectivity index (χ1n) is 8.98. The largest absolute Gasteiger partial charge is 0.361 e. The molecule has 0 saturated carbocycles. The summed E-state index contributed by atoms with van der Waals surface area (Å²) < 4.78 is 2.16. The van der Waals surface area contributed by atoms with E-state index in [1.807, 2.05) is 24.4 Å². The molecule has 2 N–H and O–H groups in total. The molecule has 1 aromatic carbocycles. The van der Waals surface area contributed by atoms with Gasteiger partial charge in [0.25, 0.3) is 0 Å². The van der Waals surface area contributed by atoms with E-state index >= 15 is 0 Å². The van der Waals surface area contributed by atoms with Gasteiger partial charge in [0.15, 0.2) is 0 Å². The maximum Gasteiger partial charge on any atom is 0.224 e. The molecule has 3 aromatic rings. The predicted molar refractivity (Wildman–Crippen MR) is 101 cm³/mol. The highest BCUT2D eigenvalue weighted by atomic mass is 35.5. The molecule has 1 aliphatic heterocycles. The van der Waals surface area contributed by atoms with Gasteiger partial charge in [0.2, 0.25) is 5.91 Å². The first-order chi connectivity index (χ1) is 12.5. The summed E-state index contributed by atoms with van der Waals surface area (Å²) in [6, 6.07) is 5.79. The van der Waals surface area contributed by atoms with E-state index in [-0.39, 0.29) is 11.9 Å². The second kappa shape index (κ2) is 6.76. The van der Waals surface area contributed by atoms with Gasteiger partial charge >= 0.3 is 0 Å². The molecule has 0 unspecified atom stereocenters. The second-order valence-electron chi connectivity index (χ2n) is 7.22. The van der Waals surface area contributed by atoms with Crippen molar-refractivity contribution in [3.8, 4) is 0 Å². The van der Waals surface area contributed by atoms with Crippen LogP contribution in [-0.4, -0.2) is 31.7 Å². The molecule has 0 fully saturated rings. The van der Waals surface area contributed by atoms with Crippen LogP contribution >= 0.6 is 11.6 Å². The summed E-state index contributed by atoms with van der Waals surface area (Å²) in [5.74, 6) is 2.37. The highest BCUT2D eigenvalue weighted by Gasteiger charge is 2.25. The van der Waals surface area contributed by atoms with Crippen LogP contribution in [0.1, 0.15) is 43.4 Å². The molecular formula is C19H22ClN5O. The fourth-order valence-electron chi connectivity index (χ4n) is 3.65. The average molecular weight is 372 g/mol. The number of halogens is 1. The number of hydrogen-bond acceptors (Lipinski definition) is 3. The topological polar surface area (TPSA) is 75.6 Å². The van der Waals surface area contributed by atoms with Gasteiger partial charge in [0.05, 0.1) is 6.42 Å². The molecule has 26 heavy (non-hydrogen) atoms. The van der Waals surface area contributed by atoms with Crippen molar-refractivity contribution in [3.63, 3.8) is 0 Å². The van der Waals surface area contributed by atoms with Crippen molar-refractivity contribution in [2.75, 3.05) is 0 Å². The number of H-pyrrole nitrogens is 1. The number of amides is 1. The molecule has 7 heteroatoms. The summed E-state index contributed by atoms with van der Waals surface area (Å²) in [6.45, 7) is 4.97. The summed E-state index contributed by atoms with van der Waals surface area (Å²) in [4.78, 5) is 15.7. The molecule has 0 aliphatic carbocycles. The van der Waals surface area contributed by atoms with Crippen molar-refractivity contribution in [1.82, 2.24) is 25.1 Å². The van der Waals surface area contributed by atoms with Crippen molar-refractivity contribution in [2.45, 2.75) is 51.6 Å². The number of aryl methyl sites for hydroxylation is 1. The molecule has 4 rings (SSSR count). The normalized spacial score (nSPS) is 16.8. The number of rotatable bonds is 4. The molecule has 6 nitrogen and oxygen atoms in total. The Labute approximate surface area is 156 Å². The van der Waals surface area contributed by atoms with E-state index in [4.69, 9.17) is 11.6 Å². The van der Waals surface area contributed by atoms with Gasteiger partial charge in [-0.3, -0.25) is 4.79 Å². The molecule has 0 spiro atoms. The fourth-order valence-corrected chi connectivity index (χ4v) is 3.82. The molecule has 3 heterocycles. The zero-order valence-corrected chi connectivity index (χ0v) is 15.7. The Hall–Kier alpha value is -2.34. The Morgan fingerprint density at radius 3 is 3.08 bits per heavy atom. The lowest BCUT2D eigenvalue weighted by Crippen LogP contribution is -2.42.